The fourth-order valence-electron chi connectivity index (χ4n) is 3.23. The van der Waals surface area contributed by atoms with Crippen molar-refractivity contribution in [2.24, 2.45) is 0 Å². The van der Waals surface area contributed by atoms with Crippen LogP contribution in [-0.4, -0.2) is 0 Å². The molecule has 0 aliphatic rings. The summed E-state index contributed by atoms with van der Waals surface area (Å²) in [7, 11) is 0. The van der Waals surface area contributed by atoms with Crippen molar-refractivity contribution >= 4 is 46.9 Å². The first kappa shape index (κ1) is 24.9. The average Bonchev–Trinajstić information content (AvgIpc) is 2.72. The van der Waals surface area contributed by atoms with E-state index < -0.39 is 0 Å². The average molecular weight is 495 g/mol. The number of halogens is 1. The minimum atomic E-state index is 0.581. The van der Waals surface area contributed by atoms with Crippen molar-refractivity contribution in [2.75, 3.05) is 0 Å². The van der Waals surface area contributed by atoms with Crippen LogP contribution in [0.1, 0.15) is 33.4 Å². The van der Waals surface area contributed by atoms with Crippen LogP contribution in [0.5, 0.6) is 0 Å². The highest BCUT2D eigenvalue weighted by atomic mass is 35.5. The lowest BCUT2D eigenvalue weighted by molar-refractivity contribution is 1.26. The molecule has 3 aromatic carbocycles. The fraction of sp³-hybridized carbons (Fsp3) is 0.214. The van der Waals surface area contributed by atoms with Gasteiger partial charge >= 0.3 is 0 Å². The molecular formula is C28H27ClS3. The normalized spacial score (nSPS) is 10.5. The quantitative estimate of drug-likeness (QED) is 0.256. The largest absolute Gasteiger partial charge is 0.112 e. The van der Waals surface area contributed by atoms with Gasteiger partial charge in [-0.1, -0.05) is 88.2 Å². The molecule has 0 heterocycles. The number of hydrogen-bond donors (Lipinski definition) is 0. The Hall–Kier alpha value is -1.70. The van der Waals surface area contributed by atoms with Crippen molar-refractivity contribution in [2.45, 2.75) is 56.2 Å². The van der Waals surface area contributed by atoms with Crippen molar-refractivity contribution < 1.29 is 0 Å². The van der Waals surface area contributed by atoms with Gasteiger partial charge in [-0.3, -0.25) is 0 Å². The third kappa shape index (κ3) is 6.90. The second kappa shape index (κ2) is 11.4. The van der Waals surface area contributed by atoms with Gasteiger partial charge in [0.15, 0.2) is 0 Å². The summed E-state index contributed by atoms with van der Waals surface area (Å²) in [5.74, 6) is 3.19. The van der Waals surface area contributed by atoms with E-state index >= 15 is 0 Å². The standard InChI is InChI=1S/C28H27ClS3/c1-18-7-10-25(21(4)15-18)30-14-13-24(29)28(31-26-11-8-19(2)16-22(26)5)32-27-12-9-20(3)17-23(27)6/h7-12,15-17H,1-6H3. The molecule has 0 spiro atoms. The lowest BCUT2D eigenvalue weighted by Crippen LogP contribution is -1.86. The summed E-state index contributed by atoms with van der Waals surface area (Å²) in [4.78, 5) is 3.56. The van der Waals surface area contributed by atoms with E-state index in [0.29, 0.717) is 5.03 Å². The van der Waals surface area contributed by atoms with E-state index in [9.17, 15) is 0 Å². The zero-order valence-corrected chi connectivity index (χ0v) is 22.5. The van der Waals surface area contributed by atoms with Gasteiger partial charge in [-0.05, 0) is 99.4 Å². The highest BCUT2D eigenvalue weighted by molar-refractivity contribution is 8.22. The SMILES string of the molecule is Cc1ccc(SC#CC(Cl)=C(Sc2ccc(C)cc2C)Sc2ccc(C)cc2C)c(C)c1. The maximum Gasteiger partial charge on any atom is 0.112 e. The highest BCUT2D eigenvalue weighted by Gasteiger charge is 2.12. The molecule has 0 aliphatic carbocycles. The smallest absolute Gasteiger partial charge is 0.0802 e. The van der Waals surface area contributed by atoms with E-state index in [1.807, 2.05) is 0 Å². The Morgan fingerprint density at radius 1 is 0.625 bits per heavy atom. The van der Waals surface area contributed by atoms with Gasteiger partial charge in [0.2, 0.25) is 0 Å². The van der Waals surface area contributed by atoms with Crippen LogP contribution in [0.2, 0.25) is 0 Å². The maximum absolute atomic E-state index is 6.80. The molecule has 0 aromatic heterocycles. The van der Waals surface area contributed by atoms with Gasteiger partial charge in [0.05, 0.1) is 4.24 Å². The fourth-order valence-corrected chi connectivity index (χ4v) is 6.28. The van der Waals surface area contributed by atoms with Crippen LogP contribution in [0.15, 0.2) is 78.6 Å². The van der Waals surface area contributed by atoms with Crippen molar-refractivity contribution in [3.8, 4) is 11.2 Å². The Labute approximate surface area is 210 Å². The molecule has 0 N–H and O–H groups in total. The second-order valence-electron chi connectivity index (χ2n) is 7.94. The first-order chi connectivity index (χ1) is 15.2. The van der Waals surface area contributed by atoms with Gasteiger partial charge in [-0.2, -0.15) is 0 Å². The topological polar surface area (TPSA) is 0 Å². The lowest BCUT2D eigenvalue weighted by Gasteiger charge is -2.12. The first-order valence-electron chi connectivity index (χ1n) is 10.4. The summed E-state index contributed by atoms with van der Waals surface area (Å²) in [5.41, 5.74) is 7.51. The number of aryl methyl sites for hydroxylation is 6. The van der Waals surface area contributed by atoms with E-state index in [2.05, 4.69) is 107 Å². The van der Waals surface area contributed by atoms with Crippen molar-refractivity contribution in [1.82, 2.24) is 0 Å². The molecule has 3 rings (SSSR count). The van der Waals surface area contributed by atoms with Gasteiger partial charge in [-0.15, -0.1) is 0 Å². The molecule has 0 saturated heterocycles. The number of allylic oxidation sites excluding steroid dienone is 1. The zero-order chi connectivity index (χ0) is 23.3. The summed E-state index contributed by atoms with van der Waals surface area (Å²) in [6.45, 7) is 12.7. The molecule has 32 heavy (non-hydrogen) atoms. The maximum atomic E-state index is 6.80. The molecule has 0 radical (unpaired) electrons. The third-order valence-electron chi connectivity index (χ3n) is 4.90. The summed E-state index contributed by atoms with van der Waals surface area (Å²) >= 11 is 11.7. The first-order valence-corrected chi connectivity index (χ1v) is 13.2. The number of hydrogen-bond acceptors (Lipinski definition) is 3. The Morgan fingerprint density at radius 3 is 1.44 bits per heavy atom. The van der Waals surface area contributed by atoms with Crippen molar-refractivity contribution in [3.05, 3.63) is 97.2 Å². The zero-order valence-electron chi connectivity index (χ0n) is 19.3. The molecule has 0 fully saturated rings. The molecule has 4 heteroatoms. The summed E-state index contributed by atoms with van der Waals surface area (Å²) < 4.78 is 0.999. The van der Waals surface area contributed by atoms with Gasteiger partial charge < -0.3 is 0 Å². The van der Waals surface area contributed by atoms with E-state index in [1.54, 1.807) is 23.5 Å². The molecule has 0 bridgehead atoms. The van der Waals surface area contributed by atoms with Gasteiger partial charge in [0.1, 0.15) is 5.03 Å². The van der Waals surface area contributed by atoms with Gasteiger partial charge in [-0.25, -0.2) is 0 Å². The minimum absolute atomic E-state index is 0.581. The Morgan fingerprint density at radius 2 is 1.03 bits per heavy atom. The highest BCUT2D eigenvalue weighted by Crippen LogP contribution is 2.44. The number of benzene rings is 3. The van der Waals surface area contributed by atoms with Crippen LogP contribution in [0.25, 0.3) is 0 Å². The summed E-state index contributed by atoms with van der Waals surface area (Å²) in [6, 6.07) is 19.4. The van der Waals surface area contributed by atoms with E-state index in [4.69, 9.17) is 11.6 Å². The molecule has 164 valence electrons. The Kier molecular flexibility index (Phi) is 8.91. The van der Waals surface area contributed by atoms with Crippen molar-refractivity contribution in [3.63, 3.8) is 0 Å². The minimum Gasteiger partial charge on any atom is -0.0802 e. The van der Waals surface area contributed by atoms with Crippen LogP contribution in [0.4, 0.5) is 0 Å². The lowest BCUT2D eigenvalue weighted by atomic mass is 10.2. The van der Waals surface area contributed by atoms with Crippen LogP contribution < -0.4 is 0 Å². The summed E-state index contributed by atoms with van der Waals surface area (Å²) in [6.07, 6.45) is 0. The second-order valence-corrected chi connectivity index (χ2v) is 11.5. The van der Waals surface area contributed by atoms with E-state index in [0.717, 1.165) is 9.13 Å². The van der Waals surface area contributed by atoms with Crippen LogP contribution in [-0.2, 0) is 0 Å². The third-order valence-corrected chi connectivity index (χ3v) is 8.92. The molecule has 0 amide bonds. The molecule has 3 aromatic rings. The van der Waals surface area contributed by atoms with Crippen LogP contribution in [0, 0.1) is 52.7 Å². The monoisotopic (exact) mass is 494 g/mol. The van der Waals surface area contributed by atoms with Gasteiger partial charge in [0, 0.05) is 14.7 Å². The molecule has 0 atom stereocenters. The molecule has 0 aliphatic heterocycles. The Bertz CT molecular complexity index is 1170. The molecule has 0 nitrogen and oxygen atoms in total. The van der Waals surface area contributed by atoms with Gasteiger partial charge in [0.25, 0.3) is 0 Å². The number of thioether (sulfide) groups is 3. The van der Waals surface area contributed by atoms with E-state index in [1.165, 1.54) is 54.9 Å². The predicted octanol–water partition coefficient (Wildman–Crippen LogP) is 9.58. The molecule has 0 unspecified atom stereocenters. The van der Waals surface area contributed by atoms with Crippen molar-refractivity contribution in [1.29, 1.82) is 0 Å². The van der Waals surface area contributed by atoms with E-state index in [-0.39, 0.29) is 0 Å². The predicted molar refractivity (Wildman–Crippen MR) is 146 cm³/mol. The number of rotatable bonds is 5. The summed E-state index contributed by atoms with van der Waals surface area (Å²) in [5, 5.41) is 3.79. The molecule has 0 saturated carbocycles. The molecular weight excluding hydrogens is 468 g/mol. The van der Waals surface area contributed by atoms with Crippen LogP contribution in [0.3, 0.4) is 0 Å². The Balaban J connectivity index is 1.93. The van der Waals surface area contributed by atoms with Crippen LogP contribution >= 0.6 is 46.9 Å².